The van der Waals surface area contributed by atoms with Crippen LogP contribution in [0.25, 0.3) is 0 Å². The molecule has 0 aromatic heterocycles. The Morgan fingerprint density at radius 2 is 1.31 bits per heavy atom. The second kappa shape index (κ2) is 18.4. The summed E-state index contributed by atoms with van der Waals surface area (Å²) in [5.41, 5.74) is 6.76. The first-order valence-corrected chi connectivity index (χ1v) is 16.6. The van der Waals surface area contributed by atoms with Crippen molar-refractivity contribution < 1.29 is 4.74 Å². The van der Waals surface area contributed by atoms with Crippen LogP contribution in [0.5, 0.6) is 5.75 Å². The molecule has 42 heavy (non-hydrogen) atoms. The van der Waals surface area contributed by atoms with Crippen LogP contribution in [0, 0.1) is 18.8 Å². The molecule has 2 atom stereocenters. The second-order valence-corrected chi connectivity index (χ2v) is 12.0. The van der Waals surface area contributed by atoms with Crippen molar-refractivity contribution in [3.8, 4) is 5.75 Å². The predicted molar refractivity (Wildman–Crippen MR) is 185 cm³/mol. The van der Waals surface area contributed by atoms with Gasteiger partial charge in [0.15, 0.2) is 0 Å². The monoisotopic (exact) mass is 571 g/mol. The molecule has 0 fully saturated rings. The molecule has 0 aliphatic carbocycles. The van der Waals surface area contributed by atoms with Gasteiger partial charge >= 0.3 is 0 Å². The number of hydrogen-bond donors (Lipinski definition) is 2. The van der Waals surface area contributed by atoms with Gasteiger partial charge in [-0.3, -0.25) is 0 Å². The van der Waals surface area contributed by atoms with Gasteiger partial charge in [0.05, 0.1) is 12.8 Å². The first-order valence-electron chi connectivity index (χ1n) is 16.6. The van der Waals surface area contributed by atoms with Crippen LogP contribution < -0.4 is 20.3 Å². The number of para-hydroxylation sites is 1. The van der Waals surface area contributed by atoms with E-state index in [9.17, 15) is 0 Å². The summed E-state index contributed by atoms with van der Waals surface area (Å²) in [6.45, 7) is 13.9. The van der Waals surface area contributed by atoms with E-state index < -0.39 is 0 Å². The molecule has 0 spiro atoms. The molecule has 3 aromatic rings. The van der Waals surface area contributed by atoms with Crippen molar-refractivity contribution >= 4 is 28.4 Å². The fraction of sp³-hybridized carbons (Fsp3) is 0.526. The lowest BCUT2D eigenvalue weighted by Crippen LogP contribution is -2.34. The molecule has 230 valence electrons. The average molecular weight is 572 g/mol. The Bertz CT molecular complexity index is 1160. The standard InChI is InChI=1S/C38H57N3O/c1-7-11-13-15-19-32(10-4)29-41(28-31(9-3)18-12-8-2)35-23-25-36(30(5)26-35)40-34-22-24-37(38(27-34)42-6)39-33-20-16-14-17-21-33/h14,16-17,20-27,31-32,39-40H,7-13,15,18-19,28-29H2,1-6H3. The maximum Gasteiger partial charge on any atom is 0.144 e. The van der Waals surface area contributed by atoms with E-state index in [0.717, 1.165) is 53.4 Å². The minimum absolute atomic E-state index is 0.746. The van der Waals surface area contributed by atoms with Crippen LogP contribution >= 0.6 is 0 Å². The number of hydrogen-bond acceptors (Lipinski definition) is 4. The average Bonchev–Trinajstić information content (AvgIpc) is 3.02. The lowest BCUT2D eigenvalue weighted by atomic mass is 9.94. The number of nitrogens with zero attached hydrogens (tertiary/aromatic N) is 1. The first kappa shape index (κ1) is 33.4. The van der Waals surface area contributed by atoms with Gasteiger partial charge in [-0.2, -0.15) is 0 Å². The van der Waals surface area contributed by atoms with Gasteiger partial charge in [-0.15, -0.1) is 0 Å². The summed E-state index contributed by atoms with van der Waals surface area (Å²) in [6, 6.07) is 23.4. The number of nitrogens with one attached hydrogen (secondary N) is 2. The molecular weight excluding hydrogens is 514 g/mol. The lowest BCUT2D eigenvalue weighted by molar-refractivity contribution is 0.400. The molecule has 0 radical (unpaired) electrons. The van der Waals surface area contributed by atoms with E-state index >= 15 is 0 Å². The number of anilines is 5. The van der Waals surface area contributed by atoms with E-state index in [1.807, 2.05) is 18.2 Å². The van der Waals surface area contributed by atoms with E-state index in [1.165, 1.54) is 75.5 Å². The Hall–Kier alpha value is -3.14. The molecule has 0 aliphatic heterocycles. The molecule has 0 amide bonds. The van der Waals surface area contributed by atoms with Gasteiger partial charge in [0.1, 0.15) is 5.75 Å². The fourth-order valence-electron chi connectivity index (χ4n) is 5.80. The number of methoxy groups -OCH3 is 1. The molecule has 3 aromatic carbocycles. The summed E-state index contributed by atoms with van der Waals surface area (Å²) >= 11 is 0. The van der Waals surface area contributed by atoms with Crippen molar-refractivity contribution in [2.45, 2.75) is 98.8 Å². The van der Waals surface area contributed by atoms with Gasteiger partial charge < -0.3 is 20.3 Å². The summed E-state index contributed by atoms with van der Waals surface area (Å²) in [7, 11) is 1.72. The van der Waals surface area contributed by atoms with Crippen LogP contribution in [0.1, 0.15) is 97.5 Å². The fourth-order valence-corrected chi connectivity index (χ4v) is 5.80. The van der Waals surface area contributed by atoms with E-state index in [2.05, 4.69) is 98.7 Å². The third-order valence-corrected chi connectivity index (χ3v) is 8.65. The molecule has 4 heteroatoms. The molecule has 0 bridgehead atoms. The van der Waals surface area contributed by atoms with Gasteiger partial charge in [-0.25, -0.2) is 0 Å². The topological polar surface area (TPSA) is 36.5 Å². The quantitative estimate of drug-likeness (QED) is 0.132. The zero-order valence-corrected chi connectivity index (χ0v) is 27.3. The van der Waals surface area contributed by atoms with E-state index in [4.69, 9.17) is 4.74 Å². The zero-order chi connectivity index (χ0) is 30.2. The second-order valence-electron chi connectivity index (χ2n) is 12.0. The number of unbranched alkanes of at least 4 members (excludes halogenated alkanes) is 4. The lowest BCUT2D eigenvalue weighted by Gasteiger charge is -2.33. The van der Waals surface area contributed by atoms with Crippen LogP contribution in [0.2, 0.25) is 0 Å². The molecule has 3 rings (SSSR count). The molecule has 2 unspecified atom stereocenters. The van der Waals surface area contributed by atoms with Crippen LogP contribution in [0.15, 0.2) is 66.7 Å². The molecule has 2 N–H and O–H groups in total. The van der Waals surface area contributed by atoms with Gasteiger partial charge in [-0.1, -0.05) is 97.3 Å². The number of aryl methyl sites for hydroxylation is 1. The highest BCUT2D eigenvalue weighted by atomic mass is 16.5. The summed E-state index contributed by atoms with van der Waals surface area (Å²) in [5.74, 6) is 2.31. The molecule has 4 nitrogen and oxygen atoms in total. The van der Waals surface area contributed by atoms with Gasteiger partial charge in [0.2, 0.25) is 0 Å². The van der Waals surface area contributed by atoms with Gasteiger partial charge in [0.25, 0.3) is 0 Å². The molecule has 0 saturated carbocycles. The first-order chi connectivity index (χ1) is 20.5. The third kappa shape index (κ3) is 10.6. The zero-order valence-electron chi connectivity index (χ0n) is 27.3. The molecule has 0 saturated heterocycles. The highest BCUT2D eigenvalue weighted by Gasteiger charge is 2.18. The maximum absolute atomic E-state index is 5.73. The minimum Gasteiger partial charge on any atom is -0.494 e. The Balaban J connectivity index is 1.77. The van der Waals surface area contributed by atoms with Crippen molar-refractivity contribution in [1.29, 1.82) is 0 Å². The van der Waals surface area contributed by atoms with Gasteiger partial charge in [-0.05, 0) is 79.6 Å². The SMILES string of the molecule is CCCCCCC(CC)CN(CC(CC)CCCC)c1ccc(Nc2ccc(Nc3ccccc3)c(OC)c2)c(C)c1. The van der Waals surface area contributed by atoms with E-state index in [0.29, 0.717) is 0 Å². The predicted octanol–water partition coefficient (Wildman–Crippen LogP) is 11.5. The molecule has 0 heterocycles. The maximum atomic E-state index is 5.73. The van der Waals surface area contributed by atoms with E-state index in [1.54, 1.807) is 7.11 Å². The summed E-state index contributed by atoms with van der Waals surface area (Å²) in [6.07, 6.45) is 13.2. The highest BCUT2D eigenvalue weighted by Crippen LogP contribution is 2.34. The number of ether oxygens (including phenoxy) is 1. The molecular formula is C38H57N3O. The van der Waals surface area contributed by atoms with Crippen molar-refractivity contribution in [3.05, 3.63) is 72.3 Å². The Morgan fingerprint density at radius 3 is 1.93 bits per heavy atom. The Kier molecular flexibility index (Phi) is 14.6. The summed E-state index contributed by atoms with van der Waals surface area (Å²) in [4.78, 5) is 2.71. The Morgan fingerprint density at radius 1 is 0.667 bits per heavy atom. The van der Waals surface area contributed by atoms with E-state index in [-0.39, 0.29) is 0 Å². The summed E-state index contributed by atoms with van der Waals surface area (Å²) < 4.78 is 5.73. The largest absolute Gasteiger partial charge is 0.494 e. The van der Waals surface area contributed by atoms with Crippen LogP contribution in [0.4, 0.5) is 28.4 Å². The van der Waals surface area contributed by atoms with Crippen LogP contribution in [-0.2, 0) is 0 Å². The van der Waals surface area contributed by atoms with Crippen molar-refractivity contribution in [1.82, 2.24) is 0 Å². The van der Waals surface area contributed by atoms with Gasteiger partial charge in [0, 0.05) is 41.9 Å². The van der Waals surface area contributed by atoms with Crippen LogP contribution in [-0.4, -0.2) is 20.2 Å². The van der Waals surface area contributed by atoms with Crippen molar-refractivity contribution in [3.63, 3.8) is 0 Å². The Labute approximate surface area is 257 Å². The normalized spacial score (nSPS) is 12.5. The summed E-state index contributed by atoms with van der Waals surface area (Å²) in [5, 5.41) is 7.11. The van der Waals surface area contributed by atoms with Crippen molar-refractivity contribution in [2.75, 3.05) is 35.7 Å². The smallest absolute Gasteiger partial charge is 0.144 e. The minimum atomic E-state index is 0.746. The molecule has 0 aliphatic rings. The number of benzene rings is 3. The number of rotatable bonds is 20. The van der Waals surface area contributed by atoms with Crippen LogP contribution in [0.3, 0.4) is 0 Å². The van der Waals surface area contributed by atoms with Crippen molar-refractivity contribution in [2.24, 2.45) is 11.8 Å². The highest BCUT2D eigenvalue weighted by molar-refractivity contribution is 5.73. The third-order valence-electron chi connectivity index (χ3n) is 8.65.